The van der Waals surface area contributed by atoms with E-state index < -0.39 is 0 Å². The number of nitrogens with zero attached hydrogens (tertiary/aromatic N) is 1. The molecule has 1 amide bonds. The highest BCUT2D eigenvalue weighted by Gasteiger charge is 2.41. The highest BCUT2D eigenvalue weighted by molar-refractivity contribution is 6.07. The lowest BCUT2D eigenvalue weighted by Gasteiger charge is -2.28. The van der Waals surface area contributed by atoms with Crippen molar-refractivity contribution in [1.82, 2.24) is 15.3 Å². The molecule has 4 nitrogen and oxygen atoms in total. The van der Waals surface area contributed by atoms with Crippen LogP contribution in [0, 0.1) is 17.8 Å². The Labute approximate surface area is 159 Å². The Bertz CT molecular complexity index is 1030. The topological polar surface area (TPSA) is 57.8 Å². The maximum absolute atomic E-state index is 12.4. The lowest BCUT2D eigenvalue weighted by molar-refractivity contribution is -0.117. The van der Waals surface area contributed by atoms with Crippen molar-refractivity contribution in [1.29, 1.82) is 0 Å². The fraction of sp³-hybridized carbons (Fsp3) is 0.391. The minimum atomic E-state index is -0.0221. The highest BCUT2D eigenvalue weighted by atomic mass is 16.1. The van der Waals surface area contributed by atoms with Crippen LogP contribution >= 0.6 is 0 Å². The smallest absolute Gasteiger partial charge is 0.244 e. The molecule has 0 saturated heterocycles. The molecule has 2 aliphatic rings. The molecule has 2 aliphatic carbocycles. The molecular weight excluding hydrogens is 334 g/mol. The molecule has 138 valence electrons. The molecule has 2 heterocycles. The summed E-state index contributed by atoms with van der Waals surface area (Å²) in [7, 11) is 0. The molecule has 3 aromatic rings. The number of aromatic amines is 1. The Morgan fingerprint density at radius 2 is 2.11 bits per heavy atom. The van der Waals surface area contributed by atoms with E-state index in [9.17, 15) is 4.79 Å². The number of benzene rings is 1. The van der Waals surface area contributed by atoms with Gasteiger partial charge in [-0.2, -0.15) is 0 Å². The van der Waals surface area contributed by atoms with Gasteiger partial charge >= 0.3 is 0 Å². The van der Waals surface area contributed by atoms with Gasteiger partial charge < -0.3 is 10.3 Å². The first-order valence-corrected chi connectivity index (χ1v) is 10.0. The van der Waals surface area contributed by atoms with Crippen molar-refractivity contribution in [3.8, 4) is 0 Å². The van der Waals surface area contributed by atoms with E-state index in [-0.39, 0.29) is 11.9 Å². The van der Waals surface area contributed by atoms with Gasteiger partial charge in [0.15, 0.2) is 0 Å². The van der Waals surface area contributed by atoms with Crippen molar-refractivity contribution in [2.24, 2.45) is 17.8 Å². The summed E-state index contributed by atoms with van der Waals surface area (Å²) in [6.45, 7) is 2.16. The lowest BCUT2D eigenvalue weighted by atomic mass is 9.84. The standard InChI is InChI=1S/C23H25N3O/c1-14(19-11-15-6-7-16(19)10-15)25-23(27)9-8-17-12-20-18-4-2-3-5-21(18)26-22(20)13-24-17/h2-5,8-9,12-16,19,26H,6-7,10-11H2,1H3,(H,25,27)/b9-8+. The predicted molar refractivity (Wildman–Crippen MR) is 109 cm³/mol. The third kappa shape index (κ3) is 3.03. The Morgan fingerprint density at radius 3 is 2.93 bits per heavy atom. The summed E-state index contributed by atoms with van der Waals surface area (Å²) in [6, 6.07) is 10.5. The zero-order chi connectivity index (χ0) is 18.4. The SMILES string of the molecule is CC(NC(=O)/C=C/c1cc2c(cn1)[nH]c1ccccc12)C1CC2CCC1C2. The van der Waals surface area contributed by atoms with Crippen LogP contribution < -0.4 is 5.32 Å². The van der Waals surface area contributed by atoms with Gasteiger partial charge in [0, 0.05) is 28.4 Å². The number of hydrogen-bond donors (Lipinski definition) is 2. The largest absolute Gasteiger partial charge is 0.353 e. The molecule has 4 heteroatoms. The third-order valence-corrected chi connectivity index (χ3v) is 6.62. The average molecular weight is 359 g/mol. The number of fused-ring (bicyclic) bond motifs is 5. The molecule has 0 aliphatic heterocycles. The van der Waals surface area contributed by atoms with E-state index in [4.69, 9.17) is 0 Å². The first-order valence-electron chi connectivity index (χ1n) is 10.0. The molecular formula is C23H25N3O. The summed E-state index contributed by atoms with van der Waals surface area (Å²) in [6.07, 6.45) is 10.7. The van der Waals surface area contributed by atoms with Gasteiger partial charge in [0.05, 0.1) is 17.4 Å². The number of H-pyrrole nitrogens is 1. The molecule has 0 spiro atoms. The molecule has 4 unspecified atom stereocenters. The average Bonchev–Trinajstić information content (AvgIpc) is 3.40. The van der Waals surface area contributed by atoms with E-state index in [1.807, 2.05) is 30.5 Å². The Kier molecular flexibility index (Phi) is 4.00. The number of pyridine rings is 1. The number of nitrogens with one attached hydrogen (secondary N) is 2. The molecule has 1 aromatic carbocycles. The fourth-order valence-corrected chi connectivity index (χ4v) is 5.30. The van der Waals surface area contributed by atoms with Crippen LogP contribution in [0.5, 0.6) is 0 Å². The molecule has 5 rings (SSSR count). The monoisotopic (exact) mass is 359 g/mol. The van der Waals surface area contributed by atoms with Crippen molar-refractivity contribution < 1.29 is 4.79 Å². The molecule has 2 saturated carbocycles. The molecule has 2 fully saturated rings. The van der Waals surface area contributed by atoms with Gasteiger partial charge in [-0.1, -0.05) is 24.6 Å². The van der Waals surface area contributed by atoms with Crippen LogP contribution in [0.25, 0.3) is 27.9 Å². The zero-order valence-electron chi connectivity index (χ0n) is 15.6. The summed E-state index contributed by atoms with van der Waals surface area (Å²) >= 11 is 0. The number of carbonyl (C=O) groups is 1. The minimum absolute atomic E-state index is 0.0221. The second-order valence-corrected chi connectivity index (χ2v) is 8.29. The van der Waals surface area contributed by atoms with Crippen molar-refractivity contribution >= 4 is 33.8 Å². The predicted octanol–water partition coefficient (Wildman–Crippen LogP) is 4.67. The van der Waals surface area contributed by atoms with Crippen molar-refractivity contribution in [2.45, 2.75) is 38.6 Å². The number of amides is 1. The number of hydrogen-bond acceptors (Lipinski definition) is 2. The first kappa shape index (κ1) is 16.5. The number of aromatic nitrogens is 2. The van der Waals surface area contributed by atoms with E-state index >= 15 is 0 Å². The molecule has 27 heavy (non-hydrogen) atoms. The van der Waals surface area contributed by atoms with Gasteiger partial charge in [-0.25, -0.2) is 0 Å². The number of rotatable bonds is 4. The van der Waals surface area contributed by atoms with Crippen LogP contribution in [0.2, 0.25) is 0 Å². The van der Waals surface area contributed by atoms with Gasteiger partial charge in [-0.05, 0) is 62.1 Å². The Hall–Kier alpha value is -2.62. The summed E-state index contributed by atoms with van der Waals surface area (Å²) in [5.74, 6) is 2.36. The van der Waals surface area contributed by atoms with Gasteiger partial charge in [-0.3, -0.25) is 9.78 Å². The summed E-state index contributed by atoms with van der Waals surface area (Å²) in [5, 5.41) is 5.49. The van der Waals surface area contributed by atoms with Crippen LogP contribution in [-0.4, -0.2) is 21.9 Å². The maximum Gasteiger partial charge on any atom is 0.244 e. The molecule has 2 N–H and O–H groups in total. The van der Waals surface area contributed by atoms with Crippen LogP contribution in [0.4, 0.5) is 0 Å². The van der Waals surface area contributed by atoms with Gasteiger partial charge in [0.1, 0.15) is 0 Å². The maximum atomic E-state index is 12.4. The molecule has 0 radical (unpaired) electrons. The van der Waals surface area contributed by atoms with Crippen molar-refractivity contribution in [3.05, 3.63) is 48.3 Å². The Balaban J connectivity index is 1.30. The summed E-state index contributed by atoms with van der Waals surface area (Å²) < 4.78 is 0. The van der Waals surface area contributed by atoms with E-state index in [2.05, 4.69) is 34.3 Å². The first-order chi connectivity index (χ1) is 13.2. The number of carbonyl (C=O) groups excluding carboxylic acids is 1. The Morgan fingerprint density at radius 1 is 1.22 bits per heavy atom. The minimum Gasteiger partial charge on any atom is -0.353 e. The lowest BCUT2D eigenvalue weighted by Crippen LogP contribution is -2.39. The molecule has 4 atom stereocenters. The van der Waals surface area contributed by atoms with Gasteiger partial charge in [-0.15, -0.1) is 0 Å². The van der Waals surface area contributed by atoms with Crippen molar-refractivity contribution in [3.63, 3.8) is 0 Å². The van der Waals surface area contributed by atoms with E-state index in [0.717, 1.165) is 33.9 Å². The van der Waals surface area contributed by atoms with E-state index in [0.29, 0.717) is 5.92 Å². The fourth-order valence-electron chi connectivity index (χ4n) is 5.30. The summed E-state index contributed by atoms with van der Waals surface area (Å²) in [4.78, 5) is 20.2. The van der Waals surface area contributed by atoms with E-state index in [1.54, 1.807) is 6.08 Å². The quantitative estimate of drug-likeness (QED) is 0.665. The van der Waals surface area contributed by atoms with Crippen LogP contribution in [0.3, 0.4) is 0 Å². The zero-order valence-corrected chi connectivity index (χ0v) is 15.6. The second kappa shape index (κ2) is 6.52. The third-order valence-electron chi connectivity index (χ3n) is 6.62. The molecule has 2 bridgehead atoms. The van der Waals surface area contributed by atoms with Crippen LogP contribution in [0.1, 0.15) is 38.3 Å². The normalized spacial score (nSPS) is 25.6. The van der Waals surface area contributed by atoms with Gasteiger partial charge in [0.25, 0.3) is 0 Å². The van der Waals surface area contributed by atoms with Crippen LogP contribution in [0.15, 0.2) is 42.6 Å². The van der Waals surface area contributed by atoms with Gasteiger partial charge in [0.2, 0.25) is 5.91 Å². The second-order valence-electron chi connectivity index (χ2n) is 8.29. The highest BCUT2D eigenvalue weighted by Crippen LogP contribution is 2.49. The van der Waals surface area contributed by atoms with Crippen LogP contribution in [-0.2, 0) is 4.79 Å². The van der Waals surface area contributed by atoms with Crippen molar-refractivity contribution in [2.75, 3.05) is 0 Å². The summed E-state index contributed by atoms with van der Waals surface area (Å²) in [5.41, 5.74) is 2.92. The molecule has 2 aromatic heterocycles. The number of para-hydroxylation sites is 1. The van der Waals surface area contributed by atoms with E-state index in [1.165, 1.54) is 31.1 Å².